The van der Waals surface area contributed by atoms with Crippen LogP contribution in [0.25, 0.3) is 0 Å². The number of benzene rings is 1. The van der Waals surface area contributed by atoms with E-state index in [1.54, 1.807) is 7.11 Å². The fraction of sp³-hybridized carbons (Fsp3) is 0.533. The van der Waals surface area contributed by atoms with Gasteiger partial charge < -0.3 is 19.7 Å². The van der Waals surface area contributed by atoms with Crippen LogP contribution in [0, 0.1) is 0 Å². The molecule has 110 valence electrons. The van der Waals surface area contributed by atoms with Gasteiger partial charge in [0.25, 0.3) is 5.91 Å². The normalized spacial score (nSPS) is 14.4. The van der Waals surface area contributed by atoms with E-state index in [9.17, 15) is 4.79 Å². The van der Waals surface area contributed by atoms with E-state index in [4.69, 9.17) is 9.47 Å². The second-order valence-corrected chi connectivity index (χ2v) is 4.88. The van der Waals surface area contributed by atoms with Crippen molar-refractivity contribution in [2.45, 2.75) is 19.4 Å². The van der Waals surface area contributed by atoms with Gasteiger partial charge in [-0.25, -0.2) is 0 Å². The molecule has 0 atom stereocenters. The van der Waals surface area contributed by atoms with Gasteiger partial charge in [0, 0.05) is 31.3 Å². The van der Waals surface area contributed by atoms with Gasteiger partial charge in [0.05, 0.1) is 7.11 Å². The Bertz CT molecular complexity index is 456. The number of nitrogens with one attached hydrogen (secondary N) is 1. The molecule has 1 N–H and O–H groups in total. The van der Waals surface area contributed by atoms with Crippen molar-refractivity contribution in [3.8, 4) is 11.5 Å². The minimum absolute atomic E-state index is 0.0562. The van der Waals surface area contributed by atoms with Crippen molar-refractivity contribution in [1.29, 1.82) is 0 Å². The summed E-state index contributed by atoms with van der Waals surface area (Å²) < 4.78 is 10.9. The van der Waals surface area contributed by atoms with E-state index in [1.165, 1.54) is 0 Å². The Morgan fingerprint density at radius 1 is 1.35 bits per heavy atom. The van der Waals surface area contributed by atoms with Crippen LogP contribution in [-0.4, -0.2) is 44.7 Å². The maximum atomic E-state index is 12.0. The van der Waals surface area contributed by atoms with Crippen LogP contribution in [0.1, 0.15) is 18.4 Å². The predicted octanol–water partition coefficient (Wildman–Crippen LogP) is 1.42. The molecule has 5 heteroatoms. The SMILES string of the molecule is CNCc1ccc(OC)cc1OCC(=O)N1CCCC1. The number of carbonyl (C=O) groups excluding carboxylic acids is 1. The average Bonchev–Trinajstić information content (AvgIpc) is 3.00. The van der Waals surface area contributed by atoms with Gasteiger partial charge in [-0.15, -0.1) is 0 Å². The molecule has 1 fully saturated rings. The molecule has 0 aromatic heterocycles. The van der Waals surface area contributed by atoms with Gasteiger partial charge in [0.1, 0.15) is 11.5 Å². The van der Waals surface area contributed by atoms with Crippen molar-refractivity contribution >= 4 is 5.91 Å². The molecule has 1 aromatic carbocycles. The third-order valence-electron chi connectivity index (χ3n) is 3.45. The molecule has 0 radical (unpaired) electrons. The van der Waals surface area contributed by atoms with Crippen molar-refractivity contribution < 1.29 is 14.3 Å². The number of methoxy groups -OCH3 is 1. The Hall–Kier alpha value is -1.75. The van der Waals surface area contributed by atoms with Crippen LogP contribution >= 0.6 is 0 Å². The molecule has 1 saturated heterocycles. The Labute approximate surface area is 119 Å². The van der Waals surface area contributed by atoms with Gasteiger partial charge in [-0.05, 0) is 26.0 Å². The highest BCUT2D eigenvalue weighted by molar-refractivity contribution is 5.78. The molecule has 5 nitrogen and oxygen atoms in total. The van der Waals surface area contributed by atoms with E-state index in [1.807, 2.05) is 30.1 Å². The first kappa shape index (κ1) is 14.7. The van der Waals surface area contributed by atoms with E-state index < -0.39 is 0 Å². The van der Waals surface area contributed by atoms with Gasteiger partial charge >= 0.3 is 0 Å². The fourth-order valence-electron chi connectivity index (χ4n) is 2.33. The summed E-state index contributed by atoms with van der Waals surface area (Å²) >= 11 is 0. The van der Waals surface area contributed by atoms with Crippen molar-refractivity contribution in [2.75, 3.05) is 33.9 Å². The maximum absolute atomic E-state index is 12.0. The standard InChI is InChI=1S/C15H22N2O3/c1-16-10-12-5-6-13(19-2)9-14(12)20-11-15(18)17-7-3-4-8-17/h5-6,9,16H,3-4,7-8,10-11H2,1-2H3. The molecule has 0 aliphatic carbocycles. The molecule has 1 heterocycles. The van der Waals surface area contributed by atoms with Crippen molar-refractivity contribution in [3.63, 3.8) is 0 Å². The number of hydrogen-bond donors (Lipinski definition) is 1. The van der Waals surface area contributed by atoms with Crippen LogP contribution in [0.3, 0.4) is 0 Å². The lowest BCUT2D eigenvalue weighted by atomic mass is 10.2. The first-order valence-electron chi connectivity index (χ1n) is 6.96. The Morgan fingerprint density at radius 3 is 2.75 bits per heavy atom. The summed E-state index contributed by atoms with van der Waals surface area (Å²) in [5, 5.41) is 3.09. The summed E-state index contributed by atoms with van der Waals surface area (Å²) in [5.41, 5.74) is 1.02. The number of nitrogens with zero attached hydrogens (tertiary/aromatic N) is 1. The van der Waals surface area contributed by atoms with Crippen LogP contribution in [0.5, 0.6) is 11.5 Å². The highest BCUT2D eigenvalue weighted by Crippen LogP contribution is 2.25. The van der Waals surface area contributed by atoms with E-state index in [0.29, 0.717) is 12.3 Å². The smallest absolute Gasteiger partial charge is 0.260 e. The number of carbonyl (C=O) groups is 1. The van der Waals surface area contributed by atoms with Gasteiger partial charge in [-0.3, -0.25) is 4.79 Å². The molecular weight excluding hydrogens is 256 g/mol. The van der Waals surface area contributed by atoms with E-state index >= 15 is 0 Å². The van der Waals surface area contributed by atoms with Crippen LogP contribution in [0.15, 0.2) is 18.2 Å². The van der Waals surface area contributed by atoms with Gasteiger partial charge in [-0.1, -0.05) is 6.07 Å². The summed E-state index contributed by atoms with van der Waals surface area (Å²) in [6, 6.07) is 5.66. The van der Waals surface area contributed by atoms with Crippen LogP contribution in [0.2, 0.25) is 0 Å². The lowest BCUT2D eigenvalue weighted by Gasteiger charge is -2.17. The molecule has 0 unspecified atom stereocenters. The summed E-state index contributed by atoms with van der Waals surface area (Å²) in [5.74, 6) is 1.49. The number of rotatable bonds is 6. The Morgan fingerprint density at radius 2 is 2.10 bits per heavy atom. The summed E-state index contributed by atoms with van der Waals surface area (Å²) in [6.45, 7) is 2.48. The second kappa shape index (κ2) is 7.14. The number of likely N-dealkylation sites (tertiary alicyclic amines) is 1. The van der Waals surface area contributed by atoms with Gasteiger partial charge in [0.2, 0.25) is 0 Å². The first-order valence-corrected chi connectivity index (χ1v) is 6.96. The third-order valence-corrected chi connectivity index (χ3v) is 3.45. The summed E-state index contributed by atoms with van der Waals surface area (Å²) in [6.07, 6.45) is 2.19. The average molecular weight is 278 g/mol. The van der Waals surface area contributed by atoms with Crippen molar-refractivity contribution in [1.82, 2.24) is 10.2 Å². The molecule has 1 aliphatic heterocycles. The molecule has 1 aromatic rings. The van der Waals surface area contributed by atoms with Crippen LogP contribution < -0.4 is 14.8 Å². The lowest BCUT2D eigenvalue weighted by Crippen LogP contribution is -2.32. The molecular formula is C15H22N2O3. The van der Waals surface area contributed by atoms with E-state index in [2.05, 4.69) is 5.32 Å². The maximum Gasteiger partial charge on any atom is 0.260 e. The van der Waals surface area contributed by atoms with Crippen molar-refractivity contribution in [3.05, 3.63) is 23.8 Å². The number of amides is 1. The zero-order chi connectivity index (χ0) is 14.4. The largest absolute Gasteiger partial charge is 0.497 e. The highest BCUT2D eigenvalue weighted by Gasteiger charge is 2.18. The monoisotopic (exact) mass is 278 g/mol. The minimum Gasteiger partial charge on any atom is -0.497 e. The topological polar surface area (TPSA) is 50.8 Å². The van der Waals surface area contributed by atoms with E-state index in [0.717, 1.165) is 37.2 Å². The Balaban J connectivity index is 2.00. The zero-order valence-corrected chi connectivity index (χ0v) is 12.1. The third kappa shape index (κ3) is 3.63. The van der Waals surface area contributed by atoms with E-state index in [-0.39, 0.29) is 12.5 Å². The lowest BCUT2D eigenvalue weighted by molar-refractivity contribution is -0.132. The second-order valence-electron chi connectivity index (χ2n) is 4.88. The van der Waals surface area contributed by atoms with Crippen LogP contribution in [-0.2, 0) is 11.3 Å². The fourth-order valence-corrected chi connectivity index (χ4v) is 2.33. The Kier molecular flexibility index (Phi) is 5.24. The number of ether oxygens (including phenoxy) is 2. The molecule has 1 amide bonds. The highest BCUT2D eigenvalue weighted by atomic mass is 16.5. The molecule has 1 aliphatic rings. The molecule has 2 rings (SSSR count). The quantitative estimate of drug-likeness (QED) is 0.855. The minimum atomic E-state index is 0.0562. The first-order chi connectivity index (χ1) is 9.74. The van der Waals surface area contributed by atoms with Crippen LogP contribution in [0.4, 0.5) is 0 Å². The molecule has 0 spiro atoms. The summed E-state index contributed by atoms with van der Waals surface area (Å²) in [4.78, 5) is 13.9. The number of hydrogen-bond acceptors (Lipinski definition) is 4. The van der Waals surface area contributed by atoms with Crippen molar-refractivity contribution in [2.24, 2.45) is 0 Å². The molecule has 0 bridgehead atoms. The summed E-state index contributed by atoms with van der Waals surface area (Å²) in [7, 11) is 3.50. The zero-order valence-electron chi connectivity index (χ0n) is 12.1. The van der Waals surface area contributed by atoms with Gasteiger partial charge in [-0.2, -0.15) is 0 Å². The predicted molar refractivity (Wildman–Crippen MR) is 77.1 cm³/mol. The molecule has 0 saturated carbocycles. The van der Waals surface area contributed by atoms with Gasteiger partial charge in [0.15, 0.2) is 6.61 Å². The molecule has 20 heavy (non-hydrogen) atoms.